The third-order valence-electron chi connectivity index (χ3n) is 4.10. The van der Waals surface area contributed by atoms with E-state index in [0.717, 1.165) is 25.3 Å². The fourth-order valence-corrected chi connectivity index (χ4v) is 2.73. The van der Waals surface area contributed by atoms with Crippen LogP contribution in [0.5, 0.6) is 0 Å². The summed E-state index contributed by atoms with van der Waals surface area (Å²) in [5.74, 6) is -2.02. The highest BCUT2D eigenvalue weighted by molar-refractivity contribution is 5.94. The molecule has 2 rings (SSSR count). The Morgan fingerprint density at radius 3 is 2.68 bits per heavy atom. The molecule has 2 amide bonds. The topological polar surface area (TPSA) is 49.4 Å². The van der Waals surface area contributed by atoms with Gasteiger partial charge in [0.05, 0.1) is 5.56 Å². The Bertz CT molecular complexity index is 632. The molecule has 0 aromatic heterocycles. The monoisotopic (exact) mass is 360 g/mol. The maximum Gasteiger partial charge on any atom is 0.419 e. The molecule has 0 atom stereocenters. The van der Waals surface area contributed by atoms with Crippen molar-refractivity contribution in [2.24, 2.45) is 0 Å². The second-order valence-corrected chi connectivity index (χ2v) is 5.99. The highest BCUT2D eigenvalue weighted by atomic mass is 19.4. The van der Waals surface area contributed by atoms with Gasteiger partial charge in [-0.1, -0.05) is 6.42 Å². The van der Waals surface area contributed by atoms with Gasteiger partial charge < -0.3 is 10.2 Å². The smallest absolute Gasteiger partial charge is 0.352 e. The number of nitrogens with zero attached hydrogens (tertiary/aromatic N) is 1. The molecule has 0 saturated carbocycles. The molecule has 1 aliphatic rings. The molecule has 0 unspecified atom stereocenters. The summed E-state index contributed by atoms with van der Waals surface area (Å²) in [6, 6.07) is 2.15. The average Bonchev–Trinajstić information content (AvgIpc) is 2.75. The molecule has 138 valence electrons. The molecule has 1 aliphatic heterocycles. The van der Waals surface area contributed by atoms with Crippen LogP contribution in [0, 0.1) is 5.82 Å². The molecule has 1 N–H and O–H groups in total. The Labute approximate surface area is 143 Å². The van der Waals surface area contributed by atoms with Gasteiger partial charge in [-0.05, 0) is 37.5 Å². The Hall–Kier alpha value is -2.12. The van der Waals surface area contributed by atoms with E-state index in [1.807, 2.05) is 0 Å². The van der Waals surface area contributed by atoms with E-state index in [-0.39, 0.29) is 18.0 Å². The molecule has 25 heavy (non-hydrogen) atoms. The van der Waals surface area contributed by atoms with Crippen LogP contribution in [0.25, 0.3) is 0 Å². The maximum atomic E-state index is 13.2. The van der Waals surface area contributed by atoms with Gasteiger partial charge in [0.1, 0.15) is 5.82 Å². The number of alkyl halides is 3. The maximum absolute atomic E-state index is 13.2. The number of likely N-dealkylation sites (tertiary alicyclic amines) is 1. The van der Waals surface area contributed by atoms with E-state index in [9.17, 15) is 27.2 Å². The van der Waals surface area contributed by atoms with Crippen LogP contribution in [0.3, 0.4) is 0 Å². The third kappa shape index (κ3) is 5.44. The van der Waals surface area contributed by atoms with Gasteiger partial charge in [-0.25, -0.2) is 4.39 Å². The van der Waals surface area contributed by atoms with Gasteiger partial charge in [0.15, 0.2) is 0 Å². The molecule has 1 saturated heterocycles. The van der Waals surface area contributed by atoms with E-state index >= 15 is 0 Å². The van der Waals surface area contributed by atoms with Crippen molar-refractivity contribution in [3.8, 4) is 0 Å². The largest absolute Gasteiger partial charge is 0.419 e. The van der Waals surface area contributed by atoms with Gasteiger partial charge in [0.2, 0.25) is 5.91 Å². The van der Waals surface area contributed by atoms with E-state index in [2.05, 4.69) is 5.32 Å². The molecule has 1 aromatic carbocycles. The zero-order valence-corrected chi connectivity index (χ0v) is 13.7. The number of hydrogen-bond donors (Lipinski definition) is 1. The lowest BCUT2D eigenvalue weighted by molar-refractivity contribution is -0.140. The van der Waals surface area contributed by atoms with Gasteiger partial charge in [0, 0.05) is 31.6 Å². The van der Waals surface area contributed by atoms with Gasteiger partial charge in [-0.15, -0.1) is 0 Å². The van der Waals surface area contributed by atoms with Crippen LogP contribution in [-0.4, -0.2) is 36.3 Å². The van der Waals surface area contributed by atoms with Crippen molar-refractivity contribution in [1.29, 1.82) is 0 Å². The fourth-order valence-electron chi connectivity index (χ4n) is 2.73. The molecule has 1 heterocycles. The van der Waals surface area contributed by atoms with Crippen LogP contribution < -0.4 is 5.32 Å². The number of hydrogen-bond acceptors (Lipinski definition) is 2. The van der Waals surface area contributed by atoms with Crippen molar-refractivity contribution in [2.75, 3.05) is 19.6 Å². The van der Waals surface area contributed by atoms with Crippen LogP contribution in [0.2, 0.25) is 0 Å². The first-order valence-corrected chi connectivity index (χ1v) is 8.22. The molecule has 4 nitrogen and oxygen atoms in total. The number of benzene rings is 1. The summed E-state index contributed by atoms with van der Waals surface area (Å²) in [5.41, 5.74) is -1.71. The fraction of sp³-hybridized carbons (Fsp3) is 0.529. The standard InChI is InChI=1S/C17H20F4N2O2/c18-14-7-6-12(11-13(14)17(19,20)21)16(25)22-8-4-10-23-9-3-1-2-5-15(23)24/h6-7,11H,1-5,8-10H2,(H,22,25). The molecule has 0 radical (unpaired) electrons. The SMILES string of the molecule is O=C(NCCCN1CCCCCC1=O)c1ccc(F)c(C(F)(F)F)c1. The second kappa shape index (κ2) is 8.31. The molecule has 0 bridgehead atoms. The van der Waals surface area contributed by atoms with E-state index in [4.69, 9.17) is 0 Å². The van der Waals surface area contributed by atoms with E-state index in [1.165, 1.54) is 0 Å². The molecule has 0 spiro atoms. The van der Waals surface area contributed by atoms with Crippen molar-refractivity contribution in [3.05, 3.63) is 35.1 Å². The summed E-state index contributed by atoms with van der Waals surface area (Å²) in [6.45, 7) is 1.41. The lowest BCUT2D eigenvalue weighted by Gasteiger charge is -2.20. The normalized spacial score (nSPS) is 15.8. The Morgan fingerprint density at radius 2 is 1.96 bits per heavy atom. The van der Waals surface area contributed by atoms with Gasteiger partial charge in [-0.2, -0.15) is 13.2 Å². The predicted octanol–water partition coefficient (Wildman–Crippen LogP) is 3.37. The summed E-state index contributed by atoms with van der Waals surface area (Å²) in [5, 5.41) is 2.50. The minimum absolute atomic E-state index is 0.0946. The van der Waals surface area contributed by atoms with Crippen LogP contribution >= 0.6 is 0 Å². The van der Waals surface area contributed by atoms with Crippen LogP contribution in [-0.2, 0) is 11.0 Å². The number of carbonyl (C=O) groups excluding carboxylic acids is 2. The van der Waals surface area contributed by atoms with Crippen molar-refractivity contribution < 1.29 is 27.2 Å². The molecule has 8 heteroatoms. The quantitative estimate of drug-likeness (QED) is 0.647. The first kappa shape index (κ1) is 19.2. The lowest BCUT2D eigenvalue weighted by atomic mass is 10.1. The van der Waals surface area contributed by atoms with Crippen molar-refractivity contribution in [2.45, 2.75) is 38.3 Å². The van der Waals surface area contributed by atoms with Crippen LogP contribution in [0.15, 0.2) is 18.2 Å². The summed E-state index contributed by atoms with van der Waals surface area (Å²) in [7, 11) is 0. The number of nitrogens with one attached hydrogen (secondary N) is 1. The summed E-state index contributed by atoms with van der Waals surface area (Å²) < 4.78 is 51.2. The van der Waals surface area contributed by atoms with Crippen molar-refractivity contribution in [1.82, 2.24) is 10.2 Å². The second-order valence-electron chi connectivity index (χ2n) is 5.99. The van der Waals surface area contributed by atoms with E-state index in [0.29, 0.717) is 38.1 Å². The number of carbonyl (C=O) groups is 2. The zero-order chi connectivity index (χ0) is 18.4. The molecule has 0 aliphatic carbocycles. The Morgan fingerprint density at radius 1 is 1.20 bits per heavy atom. The summed E-state index contributed by atoms with van der Waals surface area (Å²) in [6.07, 6.45) is -0.961. The third-order valence-corrected chi connectivity index (χ3v) is 4.10. The first-order chi connectivity index (χ1) is 11.8. The van der Waals surface area contributed by atoms with Gasteiger partial charge >= 0.3 is 6.18 Å². The predicted molar refractivity (Wildman–Crippen MR) is 83.4 cm³/mol. The highest BCUT2D eigenvalue weighted by Crippen LogP contribution is 2.31. The minimum Gasteiger partial charge on any atom is -0.352 e. The summed E-state index contributed by atoms with van der Waals surface area (Å²) >= 11 is 0. The molecular formula is C17H20F4N2O2. The molecule has 1 fully saturated rings. The Kier molecular flexibility index (Phi) is 6.39. The van der Waals surface area contributed by atoms with Crippen LogP contribution in [0.1, 0.15) is 48.0 Å². The minimum atomic E-state index is -4.85. The summed E-state index contributed by atoms with van der Waals surface area (Å²) in [4.78, 5) is 25.5. The van der Waals surface area contributed by atoms with Crippen LogP contribution in [0.4, 0.5) is 17.6 Å². The first-order valence-electron chi connectivity index (χ1n) is 8.22. The van der Waals surface area contributed by atoms with Crippen molar-refractivity contribution in [3.63, 3.8) is 0 Å². The van der Waals surface area contributed by atoms with E-state index < -0.39 is 23.5 Å². The van der Waals surface area contributed by atoms with Gasteiger partial charge in [-0.3, -0.25) is 9.59 Å². The van der Waals surface area contributed by atoms with Crippen molar-refractivity contribution >= 4 is 11.8 Å². The number of amides is 2. The molecular weight excluding hydrogens is 340 g/mol. The number of rotatable bonds is 5. The lowest BCUT2D eigenvalue weighted by Crippen LogP contribution is -2.34. The number of halogens is 4. The Balaban J connectivity index is 1.85. The average molecular weight is 360 g/mol. The van der Waals surface area contributed by atoms with Gasteiger partial charge in [0.25, 0.3) is 5.91 Å². The molecule has 1 aromatic rings. The zero-order valence-electron chi connectivity index (χ0n) is 13.7. The highest BCUT2D eigenvalue weighted by Gasteiger charge is 2.34. The van der Waals surface area contributed by atoms with E-state index in [1.54, 1.807) is 4.90 Å².